The molecule has 1 aromatic heterocycles. The molecule has 0 bridgehead atoms. The van der Waals surface area contributed by atoms with Crippen LogP contribution in [0, 0.1) is 11.7 Å². The fraction of sp³-hybridized carbons (Fsp3) is 0.600. The molecule has 0 fully saturated rings. The van der Waals surface area contributed by atoms with E-state index in [1.165, 1.54) is 6.07 Å². The summed E-state index contributed by atoms with van der Waals surface area (Å²) in [4.78, 5) is 16.1. The summed E-state index contributed by atoms with van der Waals surface area (Å²) in [5, 5.41) is 5.91. The summed E-state index contributed by atoms with van der Waals surface area (Å²) in [6.07, 6.45) is 4.06. The fourth-order valence-electron chi connectivity index (χ4n) is 1.91. The summed E-state index contributed by atoms with van der Waals surface area (Å²) in [6.45, 7) is 7.51. The van der Waals surface area contributed by atoms with Gasteiger partial charge in [0.15, 0.2) is 0 Å². The number of halogens is 1. The van der Waals surface area contributed by atoms with Gasteiger partial charge in [-0.3, -0.25) is 4.79 Å². The van der Waals surface area contributed by atoms with Gasteiger partial charge in [-0.2, -0.15) is 0 Å². The summed E-state index contributed by atoms with van der Waals surface area (Å²) in [5.74, 6) is 0.116. The van der Waals surface area contributed by atoms with E-state index in [-0.39, 0.29) is 11.5 Å². The summed E-state index contributed by atoms with van der Waals surface area (Å²) in [7, 11) is 0. The van der Waals surface area contributed by atoms with Crippen LogP contribution < -0.4 is 10.6 Å². The fourth-order valence-corrected chi connectivity index (χ4v) is 1.91. The zero-order valence-corrected chi connectivity index (χ0v) is 12.5. The second-order valence-electron chi connectivity index (χ2n) is 4.87. The van der Waals surface area contributed by atoms with Crippen molar-refractivity contribution < 1.29 is 9.18 Å². The number of hydrogen-bond acceptors (Lipinski definition) is 3. The van der Waals surface area contributed by atoms with Crippen molar-refractivity contribution >= 4 is 11.7 Å². The Morgan fingerprint density at radius 2 is 2.05 bits per heavy atom. The monoisotopic (exact) mass is 281 g/mol. The van der Waals surface area contributed by atoms with Crippen molar-refractivity contribution in [2.45, 2.75) is 40.0 Å². The van der Waals surface area contributed by atoms with Gasteiger partial charge >= 0.3 is 0 Å². The number of nitrogens with one attached hydrogen (secondary N) is 2. The molecule has 0 aromatic carbocycles. The predicted molar refractivity (Wildman–Crippen MR) is 79.4 cm³/mol. The highest BCUT2D eigenvalue weighted by molar-refractivity contribution is 5.98. The van der Waals surface area contributed by atoms with E-state index in [1.807, 2.05) is 6.92 Å². The third kappa shape index (κ3) is 4.79. The van der Waals surface area contributed by atoms with Crippen LogP contribution in [0.4, 0.5) is 10.2 Å². The first kappa shape index (κ1) is 16.4. The van der Waals surface area contributed by atoms with E-state index < -0.39 is 5.82 Å². The van der Waals surface area contributed by atoms with E-state index in [9.17, 15) is 9.18 Å². The molecule has 1 aromatic rings. The zero-order valence-electron chi connectivity index (χ0n) is 12.5. The van der Waals surface area contributed by atoms with Gasteiger partial charge in [0, 0.05) is 13.1 Å². The Hall–Kier alpha value is -1.65. The lowest BCUT2D eigenvalue weighted by molar-refractivity contribution is 0.0946. The minimum Gasteiger partial charge on any atom is -0.369 e. The Balaban J connectivity index is 2.76. The minimum atomic E-state index is -0.500. The first-order valence-electron chi connectivity index (χ1n) is 7.29. The van der Waals surface area contributed by atoms with Crippen molar-refractivity contribution in [1.29, 1.82) is 0 Å². The van der Waals surface area contributed by atoms with Gasteiger partial charge < -0.3 is 10.6 Å². The molecule has 0 atom stereocenters. The molecule has 0 unspecified atom stereocenters. The number of pyridine rings is 1. The van der Waals surface area contributed by atoms with Crippen LogP contribution in [-0.4, -0.2) is 24.0 Å². The molecule has 0 radical (unpaired) electrons. The van der Waals surface area contributed by atoms with Crippen LogP contribution in [0.5, 0.6) is 0 Å². The smallest absolute Gasteiger partial charge is 0.255 e. The molecular weight excluding hydrogens is 257 g/mol. The Kier molecular flexibility index (Phi) is 6.98. The lowest BCUT2D eigenvalue weighted by Crippen LogP contribution is -2.30. The maximum atomic E-state index is 13.3. The minimum absolute atomic E-state index is 0.268. The second kappa shape index (κ2) is 8.51. The van der Waals surface area contributed by atoms with E-state index in [4.69, 9.17) is 0 Å². The largest absolute Gasteiger partial charge is 0.369 e. The Morgan fingerprint density at radius 3 is 2.65 bits per heavy atom. The maximum Gasteiger partial charge on any atom is 0.255 e. The molecule has 2 N–H and O–H groups in total. The molecule has 0 spiro atoms. The first-order chi connectivity index (χ1) is 9.62. The predicted octanol–water partition coefficient (Wildman–Crippen LogP) is 3.21. The normalized spacial score (nSPS) is 10.7. The van der Waals surface area contributed by atoms with Gasteiger partial charge in [0.2, 0.25) is 0 Å². The topological polar surface area (TPSA) is 54.0 Å². The van der Waals surface area contributed by atoms with E-state index in [0.717, 1.165) is 25.5 Å². The van der Waals surface area contributed by atoms with Crippen LogP contribution in [0.15, 0.2) is 12.3 Å². The molecule has 0 aliphatic carbocycles. The number of aromatic nitrogens is 1. The lowest BCUT2D eigenvalue weighted by Gasteiger charge is -2.15. The van der Waals surface area contributed by atoms with Crippen LogP contribution in [-0.2, 0) is 0 Å². The number of carbonyl (C=O) groups excluding carboxylic acids is 1. The van der Waals surface area contributed by atoms with Crippen molar-refractivity contribution in [3.8, 4) is 0 Å². The van der Waals surface area contributed by atoms with E-state index in [1.54, 1.807) is 0 Å². The highest BCUT2D eigenvalue weighted by Crippen LogP contribution is 2.14. The van der Waals surface area contributed by atoms with E-state index >= 15 is 0 Å². The van der Waals surface area contributed by atoms with Crippen molar-refractivity contribution in [1.82, 2.24) is 10.3 Å². The number of carbonyl (C=O) groups is 1. The third-order valence-corrected chi connectivity index (χ3v) is 3.35. The molecule has 20 heavy (non-hydrogen) atoms. The van der Waals surface area contributed by atoms with Gasteiger partial charge in [-0.1, -0.05) is 33.6 Å². The van der Waals surface area contributed by atoms with Gasteiger partial charge in [-0.15, -0.1) is 0 Å². The lowest BCUT2D eigenvalue weighted by atomic mass is 10.0. The molecule has 0 aliphatic rings. The molecule has 0 saturated heterocycles. The molecule has 112 valence electrons. The quantitative estimate of drug-likeness (QED) is 0.769. The maximum absolute atomic E-state index is 13.3. The summed E-state index contributed by atoms with van der Waals surface area (Å²) in [5.41, 5.74) is 0.268. The molecular formula is C15H24FN3O. The van der Waals surface area contributed by atoms with Crippen LogP contribution >= 0.6 is 0 Å². The van der Waals surface area contributed by atoms with E-state index in [0.29, 0.717) is 24.8 Å². The standard InChI is InChI=1S/C15H24FN3O/c1-4-7-17-14-13(8-12(16)10-18-14)15(20)19-9-11(5-2)6-3/h8,10-11H,4-7,9H2,1-3H3,(H,17,18)(H,19,20). The first-order valence-corrected chi connectivity index (χ1v) is 7.29. The molecule has 5 heteroatoms. The van der Waals surface area contributed by atoms with Crippen LogP contribution in [0.25, 0.3) is 0 Å². The molecule has 0 saturated carbocycles. The summed E-state index contributed by atoms with van der Waals surface area (Å²) < 4.78 is 13.3. The van der Waals surface area contributed by atoms with Gasteiger partial charge in [0.1, 0.15) is 11.6 Å². The van der Waals surface area contributed by atoms with Crippen LogP contribution in [0.1, 0.15) is 50.4 Å². The van der Waals surface area contributed by atoms with Gasteiger partial charge in [-0.05, 0) is 18.4 Å². The Morgan fingerprint density at radius 1 is 1.35 bits per heavy atom. The Bertz CT molecular complexity index is 433. The van der Waals surface area contributed by atoms with Crippen molar-refractivity contribution in [2.75, 3.05) is 18.4 Å². The molecule has 0 aliphatic heterocycles. The van der Waals surface area contributed by atoms with Crippen molar-refractivity contribution in [2.24, 2.45) is 5.92 Å². The molecule has 1 amide bonds. The Labute approximate surface area is 120 Å². The number of hydrogen-bond donors (Lipinski definition) is 2. The average molecular weight is 281 g/mol. The van der Waals surface area contributed by atoms with Crippen molar-refractivity contribution in [3.05, 3.63) is 23.6 Å². The third-order valence-electron chi connectivity index (χ3n) is 3.35. The van der Waals surface area contributed by atoms with Gasteiger partial charge in [0.05, 0.1) is 11.8 Å². The number of anilines is 1. The van der Waals surface area contributed by atoms with Crippen molar-refractivity contribution in [3.63, 3.8) is 0 Å². The highest BCUT2D eigenvalue weighted by atomic mass is 19.1. The SMILES string of the molecule is CCCNc1ncc(F)cc1C(=O)NCC(CC)CC. The molecule has 1 heterocycles. The van der Waals surface area contributed by atoms with Gasteiger partial charge in [0.25, 0.3) is 5.91 Å². The van der Waals surface area contributed by atoms with E-state index in [2.05, 4.69) is 29.5 Å². The summed E-state index contributed by atoms with van der Waals surface area (Å²) >= 11 is 0. The number of rotatable bonds is 8. The number of amides is 1. The summed E-state index contributed by atoms with van der Waals surface area (Å²) in [6, 6.07) is 1.23. The molecule has 4 nitrogen and oxygen atoms in total. The van der Waals surface area contributed by atoms with Gasteiger partial charge in [-0.25, -0.2) is 9.37 Å². The number of nitrogens with zero attached hydrogens (tertiary/aromatic N) is 1. The molecule has 1 rings (SSSR count). The second-order valence-corrected chi connectivity index (χ2v) is 4.87. The average Bonchev–Trinajstić information content (AvgIpc) is 2.46. The van der Waals surface area contributed by atoms with Crippen LogP contribution in [0.3, 0.4) is 0 Å². The highest BCUT2D eigenvalue weighted by Gasteiger charge is 2.15. The zero-order chi connectivity index (χ0) is 15.0. The van der Waals surface area contributed by atoms with Crippen LogP contribution in [0.2, 0.25) is 0 Å².